The first-order chi connectivity index (χ1) is 12.5. The van der Waals surface area contributed by atoms with Gasteiger partial charge in [-0.05, 0) is 45.8 Å². The number of halogens is 1. The normalized spacial score (nSPS) is 10.5. The van der Waals surface area contributed by atoms with Crippen LogP contribution in [0.15, 0.2) is 59.1 Å². The monoisotopic (exact) mass is 414 g/mol. The Morgan fingerprint density at radius 1 is 1.15 bits per heavy atom. The Labute approximate surface area is 158 Å². The van der Waals surface area contributed by atoms with E-state index in [2.05, 4.69) is 21.2 Å². The maximum absolute atomic E-state index is 12.2. The van der Waals surface area contributed by atoms with E-state index in [1.165, 1.54) is 12.1 Å². The second kappa shape index (κ2) is 7.53. The number of nitro benzene ring substituents is 1. The lowest BCUT2D eigenvalue weighted by Crippen LogP contribution is -2.21. The van der Waals surface area contributed by atoms with Gasteiger partial charge in [-0.3, -0.25) is 14.9 Å². The van der Waals surface area contributed by atoms with Crippen molar-refractivity contribution in [1.29, 1.82) is 0 Å². The number of benzene rings is 3. The van der Waals surface area contributed by atoms with Crippen LogP contribution in [0.25, 0.3) is 10.8 Å². The summed E-state index contributed by atoms with van der Waals surface area (Å²) < 4.78 is 6.38. The Balaban J connectivity index is 1.71. The van der Waals surface area contributed by atoms with Gasteiger partial charge in [0.25, 0.3) is 11.6 Å². The van der Waals surface area contributed by atoms with E-state index in [-0.39, 0.29) is 12.3 Å². The van der Waals surface area contributed by atoms with Gasteiger partial charge in [0.05, 0.1) is 20.6 Å². The third kappa shape index (κ3) is 3.67. The highest BCUT2D eigenvalue weighted by atomic mass is 79.9. The van der Waals surface area contributed by atoms with E-state index in [1.54, 1.807) is 19.1 Å². The SMILES string of the molecule is Cc1c(NC(=O)COc2ccc3ccccc3c2Br)cccc1[N+](=O)[O-]. The van der Waals surface area contributed by atoms with E-state index in [9.17, 15) is 14.9 Å². The van der Waals surface area contributed by atoms with Crippen LogP contribution in [0.2, 0.25) is 0 Å². The summed E-state index contributed by atoms with van der Waals surface area (Å²) in [4.78, 5) is 22.7. The molecule has 0 aliphatic heterocycles. The molecule has 0 radical (unpaired) electrons. The van der Waals surface area contributed by atoms with Crippen LogP contribution in [-0.2, 0) is 4.79 Å². The highest BCUT2D eigenvalue weighted by Gasteiger charge is 2.15. The molecular weight excluding hydrogens is 400 g/mol. The molecule has 132 valence electrons. The first-order valence-corrected chi connectivity index (χ1v) is 8.60. The number of nitro groups is 1. The largest absolute Gasteiger partial charge is 0.483 e. The predicted octanol–water partition coefficient (Wildman–Crippen LogP) is 4.84. The molecule has 26 heavy (non-hydrogen) atoms. The summed E-state index contributed by atoms with van der Waals surface area (Å²) in [5.74, 6) is 0.156. The summed E-state index contributed by atoms with van der Waals surface area (Å²) in [6.07, 6.45) is 0. The number of amides is 1. The van der Waals surface area contributed by atoms with Crippen molar-refractivity contribution in [3.63, 3.8) is 0 Å². The molecule has 0 heterocycles. The minimum absolute atomic E-state index is 0.0407. The molecule has 3 aromatic carbocycles. The molecule has 0 saturated carbocycles. The fourth-order valence-electron chi connectivity index (χ4n) is 2.61. The third-order valence-corrected chi connectivity index (χ3v) is 4.78. The van der Waals surface area contributed by atoms with Crippen LogP contribution >= 0.6 is 15.9 Å². The Morgan fingerprint density at radius 3 is 2.69 bits per heavy atom. The van der Waals surface area contributed by atoms with Crippen LogP contribution in [0.3, 0.4) is 0 Å². The highest BCUT2D eigenvalue weighted by Crippen LogP contribution is 2.33. The summed E-state index contributed by atoms with van der Waals surface area (Å²) in [5.41, 5.74) is 0.754. The van der Waals surface area contributed by atoms with Gasteiger partial charge in [0.1, 0.15) is 5.75 Å². The molecule has 3 aromatic rings. The minimum Gasteiger partial charge on any atom is -0.483 e. The summed E-state index contributed by atoms with van der Waals surface area (Å²) in [6, 6.07) is 16.1. The number of carbonyl (C=O) groups excluding carboxylic acids is 1. The maximum atomic E-state index is 12.2. The van der Waals surface area contributed by atoms with Gasteiger partial charge in [-0.25, -0.2) is 0 Å². The molecule has 1 N–H and O–H groups in total. The molecular formula is C19H15BrN2O4. The lowest BCUT2D eigenvalue weighted by atomic mass is 10.1. The number of ether oxygens (including phenoxy) is 1. The number of nitrogens with one attached hydrogen (secondary N) is 1. The average molecular weight is 415 g/mol. The molecule has 6 nitrogen and oxygen atoms in total. The first kappa shape index (κ1) is 17.9. The van der Waals surface area contributed by atoms with Crippen LogP contribution in [0.4, 0.5) is 11.4 Å². The maximum Gasteiger partial charge on any atom is 0.274 e. The topological polar surface area (TPSA) is 81.5 Å². The third-order valence-electron chi connectivity index (χ3n) is 3.96. The van der Waals surface area contributed by atoms with E-state index in [0.717, 1.165) is 15.2 Å². The van der Waals surface area contributed by atoms with Crippen molar-refractivity contribution in [2.75, 3.05) is 11.9 Å². The molecule has 0 spiro atoms. The average Bonchev–Trinajstić information content (AvgIpc) is 2.63. The van der Waals surface area contributed by atoms with Gasteiger partial charge < -0.3 is 10.1 Å². The summed E-state index contributed by atoms with van der Waals surface area (Å²) in [6.45, 7) is 1.38. The quantitative estimate of drug-likeness (QED) is 0.478. The molecule has 7 heteroatoms. The molecule has 3 rings (SSSR count). The van der Waals surface area contributed by atoms with E-state index >= 15 is 0 Å². The number of fused-ring (bicyclic) bond motifs is 1. The molecule has 0 unspecified atom stereocenters. The van der Waals surface area contributed by atoms with Crippen molar-refractivity contribution in [3.8, 4) is 5.75 Å². The Kier molecular flexibility index (Phi) is 5.18. The zero-order valence-electron chi connectivity index (χ0n) is 13.9. The Morgan fingerprint density at radius 2 is 1.92 bits per heavy atom. The van der Waals surface area contributed by atoms with Crippen LogP contribution in [-0.4, -0.2) is 17.4 Å². The molecule has 0 aliphatic carbocycles. The Bertz CT molecular complexity index is 1000. The standard InChI is InChI=1S/C19H15BrN2O4/c1-12-15(7-4-8-16(12)22(24)25)21-18(23)11-26-17-10-9-13-5-2-3-6-14(13)19(17)20/h2-10H,11H2,1H3,(H,21,23). The number of hydrogen-bond donors (Lipinski definition) is 1. The van der Waals surface area contributed by atoms with Gasteiger partial charge in [0.2, 0.25) is 0 Å². The summed E-state index contributed by atoms with van der Waals surface area (Å²) in [7, 11) is 0. The summed E-state index contributed by atoms with van der Waals surface area (Å²) >= 11 is 3.50. The fourth-order valence-corrected chi connectivity index (χ4v) is 3.22. The van der Waals surface area contributed by atoms with E-state index in [1.807, 2.05) is 30.3 Å². The van der Waals surface area contributed by atoms with Crippen LogP contribution in [0.1, 0.15) is 5.56 Å². The zero-order valence-corrected chi connectivity index (χ0v) is 15.4. The molecule has 0 bridgehead atoms. The van der Waals surface area contributed by atoms with Crippen molar-refractivity contribution in [1.82, 2.24) is 0 Å². The number of hydrogen-bond acceptors (Lipinski definition) is 4. The van der Waals surface area contributed by atoms with Crippen molar-refractivity contribution >= 4 is 44.0 Å². The van der Waals surface area contributed by atoms with Gasteiger partial charge >= 0.3 is 0 Å². The fraction of sp³-hybridized carbons (Fsp3) is 0.105. The van der Waals surface area contributed by atoms with Crippen LogP contribution < -0.4 is 10.1 Å². The second-order valence-electron chi connectivity index (χ2n) is 5.64. The smallest absolute Gasteiger partial charge is 0.274 e. The number of anilines is 1. The molecule has 0 aliphatic rings. The molecule has 0 aromatic heterocycles. The molecule has 0 saturated heterocycles. The van der Waals surface area contributed by atoms with Gasteiger partial charge in [0, 0.05) is 6.07 Å². The highest BCUT2D eigenvalue weighted by molar-refractivity contribution is 9.10. The molecule has 0 atom stereocenters. The second-order valence-corrected chi connectivity index (χ2v) is 6.44. The molecule has 1 amide bonds. The van der Waals surface area contributed by atoms with E-state index in [4.69, 9.17) is 4.74 Å². The molecule has 0 fully saturated rings. The van der Waals surface area contributed by atoms with Crippen LogP contribution in [0, 0.1) is 17.0 Å². The predicted molar refractivity (Wildman–Crippen MR) is 104 cm³/mol. The van der Waals surface area contributed by atoms with Crippen LogP contribution in [0.5, 0.6) is 5.75 Å². The number of nitrogens with zero attached hydrogens (tertiary/aromatic N) is 1. The van der Waals surface area contributed by atoms with Gasteiger partial charge in [-0.1, -0.05) is 36.4 Å². The van der Waals surface area contributed by atoms with E-state index < -0.39 is 10.8 Å². The van der Waals surface area contributed by atoms with E-state index in [0.29, 0.717) is 17.0 Å². The van der Waals surface area contributed by atoms with Crippen molar-refractivity contribution in [3.05, 3.63) is 74.7 Å². The summed E-state index contributed by atoms with van der Waals surface area (Å²) in [5, 5.41) is 15.7. The van der Waals surface area contributed by atoms with Gasteiger partial charge in [0.15, 0.2) is 6.61 Å². The minimum atomic E-state index is -0.478. The number of rotatable bonds is 5. The van der Waals surface area contributed by atoms with Gasteiger partial charge in [-0.2, -0.15) is 0 Å². The van der Waals surface area contributed by atoms with Gasteiger partial charge in [-0.15, -0.1) is 0 Å². The van der Waals surface area contributed by atoms with Crippen molar-refractivity contribution < 1.29 is 14.5 Å². The van der Waals surface area contributed by atoms with Crippen molar-refractivity contribution in [2.45, 2.75) is 6.92 Å². The zero-order chi connectivity index (χ0) is 18.7. The Hall–Kier alpha value is -2.93. The lowest BCUT2D eigenvalue weighted by molar-refractivity contribution is -0.385. The van der Waals surface area contributed by atoms with Crippen molar-refractivity contribution in [2.24, 2.45) is 0 Å². The lowest BCUT2D eigenvalue weighted by Gasteiger charge is -2.12. The first-order valence-electron chi connectivity index (χ1n) is 7.81. The number of carbonyl (C=O) groups is 1.